The Hall–Kier alpha value is -0.630. The molecule has 0 amide bonds. The molecule has 0 saturated heterocycles. The predicted octanol–water partition coefficient (Wildman–Crippen LogP) is 0.512. The second-order valence-corrected chi connectivity index (χ2v) is 1.82. The summed E-state index contributed by atoms with van der Waals surface area (Å²) in [5.74, 6) is -0.287. The maximum atomic E-state index is 10.5. The van der Waals surface area contributed by atoms with E-state index in [1.807, 2.05) is 0 Å². The molecule has 1 atom stereocenters. The summed E-state index contributed by atoms with van der Waals surface area (Å²) in [6, 6.07) is 0. The molecule has 0 saturated carbocycles. The third-order valence-electron chi connectivity index (χ3n) is 0.800. The minimum Gasteiger partial charge on any atom is -0.385 e. The molecule has 0 spiro atoms. The number of rotatable bonds is 2. The Morgan fingerprint density at radius 2 is 2.12 bits per heavy atom. The molecule has 0 heterocycles. The van der Waals surface area contributed by atoms with Crippen molar-refractivity contribution in [2.45, 2.75) is 20.0 Å². The van der Waals surface area contributed by atoms with Crippen LogP contribution in [0.5, 0.6) is 0 Å². The van der Waals surface area contributed by atoms with Crippen molar-refractivity contribution in [3.8, 4) is 0 Å². The Kier molecular flexibility index (Phi) is 2.42. The Balaban J connectivity index is 3.84. The minimum absolute atomic E-state index is 0.287. The zero-order valence-corrected chi connectivity index (χ0v) is 5.14. The monoisotopic (exact) mass is 114 g/mol. The molecular formula is C6H10O2. The number of hydrogen-bond acceptors (Lipinski definition) is 2. The lowest BCUT2D eigenvalue weighted by Crippen LogP contribution is -2.15. The van der Waals surface area contributed by atoms with E-state index < -0.39 is 6.10 Å². The largest absolute Gasteiger partial charge is 0.385 e. The normalized spacial score (nSPS) is 12.9. The van der Waals surface area contributed by atoms with Crippen molar-refractivity contribution in [2.24, 2.45) is 0 Å². The van der Waals surface area contributed by atoms with Crippen LogP contribution in [0, 0.1) is 0 Å². The topological polar surface area (TPSA) is 37.3 Å². The Morgan fingerprint density at radius 3 is 2.12 bits per heavy atom. The lowest BCUT2D eigenvalue weighted by molar-refractivity contribution is -0.122. The highest BCUT2D eigenvalue weighted by Crippen LogP contribution is 1.93. The quantitative estimate of drug-likeness (QED) is 0.531. The average molecular weight is 114 g/mol. The Morgan fingerprint density at radius 1 is 1.75 bits per heavy atom. The number of ketones is 1. The second-order valence-electron chi connectivity index (χ2n) is 1.82. The fourth-order valence-corrected chi connectivity index (χ4v) is 0.357. The molecule has 2 heteroatoms. The molecule has 0 aliphatic rings. The van der Waals surface area contributed by atoms with Gasteiger partial charge in [0.05, 0.1) is 0 Å². The highest BCUT2D eigenvalue weighted by molar-refractivity contribution is 5.97. The summed E-state index contributed by atoms with van der Waals surface area (Å²) in [7, 11) is 0. The number of carbonyl (C=O) groups is 1. The summed E-state index contributed by atoms with van der Waals surface area (Å²) in [6.45, 7) is 6.37. The van der Waals surface area contributed by atoms with Gasteiger partial charge in [-0.15, -0.1) is 0 Å². The van der Waals surface area contributed by atoms with E-state index >= 15 is 0 Å². The van der Waals surface area contributed by atoms with Gasteiger partial charge in [0, 0.05) is 0 Å². The maximum Gasteiger partial charge on any atom is 0.186 e. The smallest absolute Gasteiger partial charge is 0.186 e. The van der Waals surface area contributed by atoms with Gasteiger partial charge in [0.25, 0.3) is 0 Å². The lowest BCUT2D eigenvalue weighted by atomic mass is 10.1. The molecule has 1 N–H and O–H groups in total. The van der Waals surface area contributed by atoms with Gasteiger partial charge in [-0.25, -0.2) is 0 Å². The van der Waals surface area contributed by atoms with Crippen molar-refractivity contribution in [2.75, 3.05) is 0 Å². The summed E-state index contributed by atoms with van der Waals surface area (Å²) in [5, 5.41) is 8.58. The molecule has 2 nitrogen and oxygen atoms in total. The highest BCUT2D eigenvalue weighted by atomic mass is 16.3. The molecule has 46 valence electrons. The van der Waals surface area contributed by atoms with Crippen molar-refractivity contribution in [3.63, 3.8) is 0 Å². The second kappa shape index (κ2) is 2.62. The summed E-state index contributed by atoms with van der Waals surface area (Å²) >= 11 is 0. The average Bonchev–Trinajstić information content (AvgIpc) is 1.64. The first kappa shape index (κ1) is 7.37. The number of Topliss-reactive ketones (excluding diaryl/α,β-unsaturated/α-hetero) is 1. The van der Waals surface area contributed by atoms with Crippen LogP contribution in [0.3, 0.4) is 0 Å². The van der Waals surface area contributed by atoms with E-state index in [-0.39, 0.29) is 5.78 Å². The van der Waals surface area contributed by atoms with Gasteiger partial charge in [-0.2, -0.15) is 0 Å². The molecule has 0 bridgehead atoms. The molecule has 8 heavy (non-hydrogen) atoms. The predicted molar refractivity (Wildman–Crippen MR) is 31.5 cm³/mol. The van der Waals surface area contributed by atoms with Crippen molar-refractivity contribution in [1.29, 1.82) is 0 Å². The number of carbonyl (C=O) groups excluding carboxylic acids is 1. The molecule has 0 unspecified atom stereocenters. The summed E-state index contributed by atoms with van der Waals surface area (Å²) in [5.41, 5.74) is 0.403. The zero-order valence-electron chi connectivity index (χ0n) is 5.14. The van der Waals surface area contributed by atoms with Gasteiger partial charge in [-0.1, -0.05) is 6.58 Å². The highest BCUT2D eigenvalue weighted by Gasteiger charge is 2.07. The first-order chi connectivity index (χ1) is 3.55. The molecule has 0 aliphatic heterocycles. The molecule has 0 aromatic heterocycles. The van der Waals surface area contributed by atoms with Crippen LogP contribution in [-0.2, 0) is 4.79 Å². The Labute approximate surface area is 48.8 Å². The van der Waals surface area contributed by atoms with Crippen molar-refractivity contribution >= 4 is 5.78 Å². The van der Waals surface area contributed by atoms with Crippen LogP contribution in [0.1, 0.15) is 13.8 Å². The van der Waals surface area contributed by atoms with E-state index in [1.165, 1.54) is 6.92 Å². The number of aliphatic hydroxyl groups excluding tert-OH is 1. The molecule has 0 fully saturated rings. The van der Waals surface area contributed by atoms with Gasteiger partial charge in [-0.05, 0) is 19.4 Å². The molecule has 0 aromatic rings. The SMILES string of the molecule is C=C(C)C(=O)[C@H](C)O. The van der Waals surface area contributed by atoms with Crippen molar-refractivity contribution in [1.82, 2.24) is 0 Å². The zero-order chi connectivity index (χ0) is 6.73. The van der Waals surface area contributed by atoms with Gasteiger partial charge in [0.2, 0.25) is 0 Å². The maximum absolute atomic E-state index is 10.5. The van der Waals surface area contributed by atoms with E-state index in [4.69, 9.17) is 5.11 Å². The van der Waals surface area contributed by atoms with Crippen molar-refractivity contribution < 1.29 is 9.90 Å². The molecule has 0 radical (unpaired) electrons. The first-order valence-corrected chi connectivity index (χ1v) is 2.43. The lowest BCUT2D eigenvalue weighted by Gasteiger charge is -1.98. The summed E-state index contributed by atoms with van der Waals surface area (Å²) < 4.78 is 0. The number of aliphatic hydroxyl groups is 1. The van der Waals surface area contributed by atoms with E-state index in [1.54, 1.807) is 6.92 Å². The van der Waals surface area contributed by atoms with Gasteiger partial charge in [-0.3, -0.25) is 4.79 Å². The molecule has 0 aromatic carbocycles. The van der Waals surface area contributed by atoms with Crippen LogP contribution in [0.25, 0.3) is 0 Å². The van der Waals surface area contributed by atoms with Gasteiger partial charge in [0.1, 0.15) is 6.10 Å². The van der Waals surface area contributed by atoms with E-state index in [2.05, 4.69) is 6.58 Å². The fourth-order valence-electron chi connectivity index (χ4n) is 0.357. The Bertz CT molecular complexity index is 114. The summed E-state index contributed by atoms with van der Waals surface area (Å²) in [6.07, 6.45) is -0.896. The van der Waals surface area contributed by atoms with Crippen molar-refractivity contribution in [3.05, 3.63) is 12.2 Å². The van der Waals surface area contributed by atoms with Crippen LogP contribution < -0.4 is 0 Å². The van der Waals surface area contributed by atoms with Crippen LogP contribution in [0.15, 0.2) is 12.2 Å². The van der Waals surface area contributed by atoms with Crippen LogP contribution in [-0.4, -0.2) is 17.0 Å². The van der Waals surface area contributed by atoms with Gasteiger partial charge in [0.15, 0.2) is 5.78 Å². The third-order valence-corrected chi connectivity index (χ3v) is 0.800. The van der Waals surface area contributed by atoms with Gasteiger partial charge >= 0.3 is 0 Å². The molecular weight excluding hydrogens is 104 g/mol. The molecule has 0 aliphatic carbocycles. The van der Waals surface area contributed by atoms with Crippen LogP contribution in [0.2, 0.25) is 0 Å². The molecule has 0 rings (SSSR count). The van der Waals surface area contributed by atoms with Crippen LogP contribution >= 0.6 is 0 Å². The standard InChI is InChI=1S/C6H10O2/c1-4(2)6(8)5(3)7/h5,7H,1H2,2-3H3/t5-/m0/s1. The first-order valence-electron chi connectivity index (χ1n) is 2.43. The minimum atomic E-state index is -0.896. The fraction of sp³-hybridized carbons (Fsp3) is 0.500. The van der Waals surface area contributed by atoms with E-state index in [0.29, 0.717) is 5.57 Å². The number of hydrogen-bond donors (Lipinski definition) is 1. The van der Waals surface area contributed by atoms with Gasteiger partial charge < -0.3 is 5.11 Å². The van der Waals surface area contributed by atoms with Crippen LogP contribution in [0.4, 0.5) is 0 Å². The van der Waals surface area contributed by atoms with E-state index in [0.717, 1.165) is 0 Å². The summed E-state index contributed by atoms with van der Waals surface area (Å²) in [4.78, 5) is 10.5. The van der Waals surface area contributed by atoms with E-state index in [9.17, 15) is 4.79 Å². The third kappa shape index (κ3) is 1.89.